The van der Waals surface area contributed by atoms with Gasteiger partial charge in [-0.3, -0.25) is 0 Å². The van der Waals surface area contributed by atoms with Crippen LogP contribution in [0.15, 0.2) is 42.7 Å². The van der Waals surface area contributed by atoms with Gasteiger partial charge in [0.15, 0.2) is 0 Å². The second-order valence-corrected chi connectivity index (χ2v) is 9.79. The zero-order valence-corrected chi connectivity index (χ0v) is 18.0. The fraction of sp³-hybridized carbons (Fsp3) is 0.400. The summed E-state index contributed by atoms with van der Waals surface area (Å²) in [5, 5.41) is 5.17. The van der Waals surface area contributed by atoms with Crippen molar-refractivity contribution in [2.24, 2.45) is 0 Å². The average molecular weight is 432 g/mol. The van der Waals surface area contributed by atoms with Gasteiger partial charge in [-0.15, -0.1) is 0 Å². The highest BCUT2D eigenvalue weighted by molar-refractivity contribution is 7.89. The molecule has 0 spiro atoms. The first-order chi connectivity index (χ1) is 14.4. The van der Waals surface area contributed by atoms with E-state index in [2.05, 4.69) is 10.1 Å². The summed E-state index contributed by atoms with van der Waals surface area (Å²) >= 11 is 0. The number of hydrogen-bond acceptors (Lipinski definition) is 7. The van der Waals surface area contributed by atoms with Crippen molar-refractivity contribution < 1.29 is 17.9 Å². The Hall–Kier alpha value is -2.69. The molecule has 0 bridgehead atoms. The second kappa shape index (κ2) is 8.21. The third-order valence-corrected chi connectivity index (χ3v) is 7.29. The van der Waals surface area contributed by atoms with Crippen LogP contribution in [-0.2, 0) is 14.8 Å². The highest BCUT2D eigenvalue weighted by Crippen LogP contribution is 2.27. The number of fused-ring (bicyclic) bond motifs is 1. The number of rotatable bonds is 8. The van der Waals surface area contributed by atoms with Crippen LogP contribution in [0.3, 0.4) is 0 Å². The molecule has 4 rings (SSSR count). The lowest BCUT2D eigenvalue weighted by Crippen LogP contribution is -2.57. The highest BCUT2D eigenvalue weighted by Gasteiger charge is 2.39. The SMILES string of the molecule is COCCOc1ccc(-n2cc3cnc(N4CC(S(=O)(=O)N(C)C)C4)cc3n2)cc1. The van der Waals surface area contributed by atoms with Gasteiger partial charge in [0.05, 0.1) is 17.8 Å². The molecule has 1 aromatic carbocycles. The zero-order valence-electron chi connectivity index (χ0n) is 17.2. The lowest BCUT2D eigenvalue weighted by molar-refractivity contribution is 0.146. The fourth-order valence-electron chi connectivity index (χ4n) is 3.26. The molecule has 0 radical (unpaired) electrons. The van der Waals surface area contributed by atoms with Crippen molar-refractivity contribution in [2.45, 2.75) is 5.25 Å². The van der Waals surface area contributed by atoms with Gasteiger partial charge in [-0.2, -0.15) is 5.10 Å². The minimum atomic E-state index is -3.24. The van der Waals surface area contributed by atoms with Gasteiger partial charge >= 0.3 is 0 Å². The minimum Gasteiger partial charge on any atom is -0.491 e. The van der Waals surface area contributed by atoms with E-state index in [0.29, 0.717) is 26.3 Å². The second-order valence-electron chi connectivity index (χ2n) is 7.36. The first-order valence-electron chi connectivity index (χ1n) is 9.62. The summed E-state index contributed by atoms with van der Waals surface area (Å²) in [6.07, 6.45) is 3.69. The zero-order chi connectivity index (χ0) is 21.3. The molecule has 3 aromatic rings. The van der Waals surface area contributed by atoms with E-state index in [1.807, 2.05) is 41.4 Å². The van der Waals surface area contributed by atoms with Gasteiger partial charge in [0, 0.05) is 58.1 Å². The molecule has 1 aliphatic rings. The predicted molar refractivity (Wildman–Crippen MR) is 115 cm³/mol. The number of sulfonamides is 1. The van der Waals surface area contributed by atoms with E-state index in [9.17, 15) is 8.42 Å². The predicted octanol–water partition coefficient (Wildman–Crippen LogP) is 1.53. The number of ether oxygens (including phenoxy) is 2. The summed E-state index contributed by atoms with van der Waals surface area (Å²) in [6.45, 7) is 1.91. The Morgan fingerprint density at radius 3 is 2.57 bits per heavy atom. The maximum Gasteiger partial charge on any atom is 0.219 e. The topological polar surface area (TPSA) is 89.8 Å². The maximum absolute atomic E-state index is 12.2. The van der Waals surface area contributed by atoms with E-state index in [0.717, 1.165) is 28.2 Å². The van der Waals surface area contributed by atoms with Crippen LogP contribution in [0.1, 0.15) is 0 Å². The largest absolute Gasteiger partial charge is 0.491 e. The van der Waals surface area contributed by atoms with E-state index in [4.69, 9.17) is 9.47 Å². The number of nitrogens with zero attached hydrogens (tertiary/aromatic N) is 5. The molecule has 2 aromatic heterocycles. The van der Waals surface area contributed by atoms with Gasteiger partial charge in [0.25, 0.3) is 0 Å². The Morgan fingerprint density at radius 1 is 1.17 bits per heavy atom. The van der Waals surface area contributed by atoms with Crippen LogP contribution in [0.5, 0.6) is 5.75 Å². The van der Waals surface area contributed by atoms with Gasteiger partial charge in [-0.05, 0) is 24.3 Å². The molecular formula is C20H25N5O4S. The molecule has 0 N–H and O–H groups in total. The number of methoxy groups -OCH3 is 1. The summed E-state index contributed by atoms with van der Waals surface area (Å²) in [5.74, 6) is 1.51. The molecule has 3 heterocycles. The number of anilines is 1. The number of benzene rings is 1. The van der Waals surface area contributed by atoms with Gasteiger partial charge < -0.3 is 14.4 Å². The molecule has 0 unspecified atom stereocenters. The summed E-state index contributed by atoms with van der Waals surface area (Å²) in [5.41, 5.74) is 1.72. The molecule has 160 valence electrons. The molecule has 10 heteroatoms. The molecule has 1 aliphatic heterocycles. The van der Waals surface area contributed by atoms with Crippen LogP contribution >= 0.6 is 0 Å². The molecule has 1 fully saturated rings. The third kappa shape index (κ3) is 3.98. The Balaban J connectivity index is 1.47. The van der Waals surface area contributed by atoms with Crippen LogP contribution in [0.25, 0.3) is 16.6 Å². The third-order valence-electron chi connectivity index (χ3n) is 5.13. The van der Waals surface area contributed by atoms with Crippen LogP contribution in [0.2, 0.25) is 0 Å². The van der Waals surface area contributed by atoms with E-state index in [1.165, 1.54) is 4.31 Å². The summed E-state index contributed by atoms with van der Waals surface area (Å²) in [6, 6.07) is 9.56. The lowest BCUT2D eigenvalue weighted by Gasteiger charge is -2.40. The molecule has 0 amide bonds. The van der Waals surface area contributed by atoms with Crippen LogP contribution in [-0.4, -0.2) is 80.2 Å². The standard InChI is InChI=1S/C20H25N5O4S/c1-23(2)30(26,27)18-13-24(14-18)20-10-19-15(11-21-20)12-25(22-19)16-4-6-17(7-5-16)29-9-8-28-3/h4-7,10-12,18H,8-9,13-14H2,1-3H3. The van der Waals surface area contributed by atoms with E-state index in [-0.39, 0.29) is 0 Å². The van der Waals surface area contributed by atoms with Crippen molar-refractivity contribution >= 4 is 26.7 Å². The van der Waals surface area contributed by atoms with Crippen molar-refractivity contribution in [1.29, 1.82) is 0 Å². The molecule has 0 aliphatic carbocycles. The van der Waals surface area contributed by atoms with E-state index < -0.39 is 15.3 Å². The molecule has 9 nitrogen and oxygen atoms in total. The van der Waals surface area contributed by atoms with Crippen molar-refractivity contribution in [3.63, 3.8) is 0 Å². The Kier molecular flexibility index (Phi) is 5.63. The van der Waals surface area contributed by atoms with Gasteiger partial charge in [0.2, 0.25) is 10.0 Å². The Labute approximate surface area is 175 Å². The smallest absolute Gasteiger partial charge is 0.219 e. The highest BCUT2D eigenvalue weighted by atomic mass is 32.2. The quantitative estimate of drug-likeness (QED) is 0.500. The van der Waals surface area contributed by atoms with E-state index in [1.54, 1.807) is 32.1 Å². The maximum atomic E-state index is 12.2. The molecular weight excluding hydrogens is 406 g/mol. The summed E-state index contributed by atoms with van der Waals surface area (Å²) in [4.78, 5) is 6.44. The number of hydrogen-bond donors (Lipinski definition) is 0. The molecule has 1 saturated heterocycles. The van der Waals surface area contributed by atoms with Gasteiger partial charge in [0.1, 0.15) is 23.4 Å². The van der Waals surface area contributed by atoms with Gasteiger partial charge in [-0.25, -0.2) is 22.4 Å². The normalized spacial score (nSPS) is 15.0. The summed E-state index contributed by atoms with van der Waals surface area (Å²) in [7, 11) is 1.53. The number of pyridine rings is 1. The lowest BCUT2D eigenvalue weighted by atomic mass is 10.2. The Morgan fingerprint density at radius 2 is 1.90 bits per heavy atom. The fourth-order valence-corrected chi connectivity index (χ4v) is 4.60. The van der Waals surface area contributed by atoms with Gasteiger partial charge in [-0.1, -0.05) is 0 Å². The van der Waals surface area contributed by atoms with Crippen molar-refractivity contribution in [3.05, 3.63) is 42.7 Å². The van der Waals surface area contributed by atoms with Crippen LogP contribution in [0.4, 0.5) is 5.82 Å². The molecule has 0 saturated carbocycles. The van der Waals surface area contributed by atoms with E-state index >= 15 is 0 Å². The first kappa shape index (κ1) is 20.6. The van der Waals surface area contributed by atoms with Crippen molar-refractivity contribution in [1.82, 2.24) is 19.1 Å². The van der Waals surface area contributed by atoms with Crippen molar-refractivity contribution in [3.8, 4) is 11.4 Å². The van der Waals surface area contributed by atoms with Crippen LogP contribution in [0, 0.1) is 0 Å². The number of aromatic nitrogens is 3. The van der Waals surface area contributed by atoms with Crippen molar-refractivity contribution in [2.75, 3.05) is 52.4 Å². The van der Waals surface area contributed by atoms with Crippen LogP contribution < -0.4 is 9.64 Å². The first-order valence-corrected chi connectivity index (χ1v) is 11.1. The average Bonchev–Trinajstić information content (AvgIpc) is 3.11. The molecule has 30 heavy (non-hydrogen) atoms. The molecule has 0 atom stereocenters. The summed E-state index contributed by atoms with van der Waals surface area (Å²) < 4.78 is 38.1. The minimum absolute atomic E-state index is 0.396. The monoisotopic (exact) mass is 431 g/mol. The Bertz CT molecular complexity index is 1120.